The standard InChI is InChI=1S/C12H14F2O2/c1-2-3-9(12(15)16)4-8-5-10(13)7-11(14)6-8/h5-7,9H,2-4H2,1H3,(H,15,16). The Morgan fingerprint density at radius 2 is 1.88 bits per heavy atom. The summed E-state index contributed by atoms with van der Waals surface area (Å²) in [6, 6.07) is 3.13. The van der Waals surface area contributed by atoms with E-state index in [0.29, 0.717) is 12.0 Å². The van der Waals surface area contributed by atoms with Crippen LogP contribution in [0.3, 0.4) is 0 Å². The molecule has 16 heavy (non-hydrogen) atoms. The van der Waals surface area contributed by atoms with Crippen LogP contribution < -0.4 is 0 Å². The van der Waals surface area contributed by atoms with Crippen molar-refractivity contribution < 1.29 is 18.7 Å². The van der Waals surface area contributed by atoms with Crippen molar-refractivity contribution in [3.63, 3.8) is 0 Å². The van der Waals surface area contributed by atoms with Crippen LogP contribution in [-0.4, -0.2) is 11.1 Å². The Morgan fingerprint density at radius 3 is 2.31 bits per heavy atom. The zero-order chi connectivity index (χ0) is 12.1. The van der Waals surface area contributed by atoms with Gasteiger partial charge in [0.05, 0.1) is 5.92 Å². The molecule has 88 valence electrons. The van der Waals surface area contributed by atoms with Crippen LogP contribution in [0.4, 0.5) is 8.78 Å². The molecule has 1 N–H and O–H groups in total. The van der Waals surface area contributed by atoms with Gasteiger partial charge in [0.25, 0.3) is 0 Å². The van der Waals surface area contributed by atoms with Crippen LogP contribution in [0.5, 0.6) is 0 Å². The second-order valence-corrected chi connectivity index (χ2v) is 3.81. The molecule has 1 rings (SSSR count). The Balaban J connectivity index is 2.80. The summed E-state index contributed by atoms with van der Waals surface area (Å²) in [7, 11) is 0. The fourth-order valence-corrected chi connectivity index (χ4v) is 1.67. The maximum Gasteiger partial charge on any atom is 0.306 e. The van der Waals surface area contributed by atoms with Crippen LogP contribution in [-0.2, 0) is 11.2 Å². The summed E-state index contributed by atoms with van der Waals surface area (Å²) in [6.07, 6.45) is 1.40. The summed E-state index contributed by atoms with van der Waals surface area (Å²) in [5.74, 6) is -2.84. The lowest BCUT2D eigenvalue weighted by Crippen LogP contribution is -2.16. The lowest BCUT2D eigenvalue weighted by Gasteiger charge is -2.11. The molecule has 1 atom stereocenters. The monoisotopic (exact) mass is 228 g/mol. The highest BCUT2D eigenvalue weighted by atomic mass is 19.1. The second kappa shape index (κ2) is 5.58. The van der Waals surface area contributed by atoms with Gasteiger partial charge in [-0.15, -0.1) is 0 Å². The van der Waals surface area contributed by atoms with Crippen molar-refractivity contribution in [2.75, 3.05) is 0 Å². The largest absolute Gasteiger partial charge is 0.481 e. The molecule has 0 spiro atoms. The van der Waals surface area contributed by atoms with Crippen molar-refractivity contribution in [3.05, 3.63) is 35.4 Å². The van der Waals surface area contributed by atoms with E-state index in [2.05, 4.69) is 0 Å². The minimum absolute atomic E-state index is 0.165. The van der Waals surface area contributed by atoms with Gasteiger partial charge in [0.1, 0.15) is 11.6 Å². The molecule has 0 saturated heterocycles. The minimum Gasteiger partial charge on any atom is -0.481 e. The zero-order valence-electron chi connectivity index (χ0n) is 9.04. The van der Waals surface area contributed by atoms with Gasteiger partial charge in [0, 0.05) is 6.07 Å². The molecule has 1 aromatic carbocycles. The number of carboxylic acids is 1. The number of hydrogen-bond donors (Lipinski definition) is 1. The van der Waals surface area contributed by atoms with Gasteiger partial charge < -0.3 is 5.11 Å². The average Bonchev–Trinajstić information content (AvgIpc) is 2.15. The van der Waals surface area contributed by atoms with Crippen molar-refractivity contribution in [2.45, 2.75) is 26.2 Å². The highest BCUT2D eigenvalue weighted by Gasteiger charge is 2.17. The minimum atomic E-state index is -0.925. The Kier molecular flexibility index (Phi) is 4.40. The summed E-state index contributed by atoms with van der Waals surface area (Å²) >= 11 is 0. The number of hydrogen-bond acceptors (Lipinski definition) is 1. The van der Waals surface area contributed by atoms with Crippen LogP contribution >= 0.6 is 0 Å². The molecule has 0 radical (unpaired) electrons. The van der Waals surface area contributed by atoms with E-state index in [9.17, 15) is 13.6 Å². The molecule has 4 heteroatoms. The van der Waals surface area contributed by atoms with Crippen LogP contribution in [0.15, 0.2) is 18.2 Å². The first-order valence-electron chi connectivity index (χ1n) is 5.20. The molecule has 0 aliphatic carbocycles. The summed E-state index contributed by atoms with van der Waals surface area (Å²) in [5.41, 5.74) is 0.387. The molecule has 0 bridgehead atoms. The van der Waals surface area contributed by atoms with Gasteiger partial charge in [-0.2, -0.15) is 0 Å². The third-order valence-corrected chi connectivity index (χ3v) is 2.39. The molecular weight excluding hydrogens is 214 g/mol. The van der Waals surface area contributed by atoms with Crippen LogP contribution in [0, 0.1) is 17.6 Å². The predicted molar refractivity (Wildman–Crippen MR) is 56.1 cm³/mol. The van der Waals surface area contributed by atoms with Crippen molar-refractivity contribution in [3.8, 4) is 0 Å². The van der Waals surface area contributed by atoms with Gasteiger partial charge in [-0.1, -0.05) is 13.3 Å². The summed E-state index contributed by atoms with van der Waals surface area (Å²) in [6.45, 7) is 1.88. The number of carboxylic acid groups (broad SMARTS) is 1. The fraction of sp³-hybridized carbons (Fsp3) is 0.417. The first-order valence-corrected chi connectivity index (χ1v) is 5.20. The molecule has 0 amide bonds. The number of aliphatic carboxylic acids is 1. The fourth-order valence-electron chi connectivity index (χ4n) is 1.67. The van der Waals surface area contributed by atoms with Crippen LogP contribution in [0.1, 0.15) is 25.3 Å². The van der Waals surface area contributed by atoms with E-state index in [-0.39, 0.29) is 6.42 Å². The van der Waals surface area contributed by atoms with Crippen LogP contribution in [0.2, 0.25) is 0 Å². The van der Waals surface area contributed by atoms with E-state index in [1.54, 1.807) is 0 Å². The van der Waals surface area contributed by atoms with Gasteiger partial charge >= 0.3 is 5.97 Å². The Bertz CT molecular complexity index is 357. The Morgan fingerprint density at radius 1 is 1.31 bits per heavy atom. The molecule has 0 heterocycles. The third-order valence-electron chi connectivity index (χ3n) is 2.39. The number of carbonyl (C=O) groups is 1. The second-order valence-electron chi connectivity index (χ2n) is 3.81. The first-order chi connectivity index (χ1) is 7.52. The SMILES string of the molecule is CCCC(Cc1cc(F)cc(F)c1)C(=O)O. The van der Waals surface area contributed by atoms with E-state index >= 15 is 0 Å². The normalized spacial score (nSPS) is 12.4. The molecule has 1 aromatic rings. The molecule has 0 aliphatic rings. The van der Waals surface area contributed by atoms with Crippen molar-refractivity contribution in [1.82, 2.24) is 0 Å². The number of halogens is 2. The molecule has 0 aliphatic heterocycles. The van der Waals surface area contributed by atoms with Crippen molar-refractivity contribution >= 4 is 5.97 Å². The smallest absolute Gasteiger partial charge is 0.306 e. The highest BCUT2D eigenvalue weighted by molar-refractivity contribution is 5.70. The Hall–Kier alpha value is -1.45. The predicted octanol–water partition coefficient (Wildman–Crippen LogP) is 3.01. The highest BCUT2D eigenvalue weighted by Crippen LogP contribution is 2.16. The number of benzene rings is 1. The molecule has 2 nitrogen and oxygen atoms in total. The molecular formula is C12H14F2O2. The van der Waals surface area contributed by atoms with Crippen molar-refractivity contribution in [2.24, 2.45) is 5.92 Å². The summed E-state index contributed by atoms with van der Waals surface area (Å²) < 4.78 is 25.8. The first kappa shape index (κ1) is 12.6. The zero-order valence-corrected chi connectivity index (χ0v) is 9.04. The van der Waals surface area contributed by atoms with E-state index in [0.717, 1.165) is 12.5 Å². The van der Waals surface area contributed by atoms with Gasteiger partial charge in [0.15, 0.2) is 0 Å². The maximum atomic E-state index is 12.9. The molecule has 0 saturated carbocycles. The lowest BCUT2D eigenvalue weighted by molar-refractivity contribution is -0.141. The number of rotatable bonds is 5. The van der Waals surface area contributed by atoms with Gasteiger partial charge in [-0.25, -0.2) is 8.78 Å². The Labute approximate surface area is 92.9 Å². The average molecular weight is 228 g/mol. The van der Waals surface area contributed by atoms with E-state index in [1.807, 2.05) is 6.92 Å². The van der Waals surface area contributed by atoms with E-state index in [4.69, 9.17) is 5.11 Å². The third kappa shape index (κ3) is 3.61. The summed E-state index contributed by atoms with van der Waals surface area (Å²) in [5, 5.41) is 8.92. The topological polar surface area (TPSA) is 37.3 Å². The molecule has 1 unspecified atom stereocenters. The van der Waals surface area contributed by atoms with E-state index < -0.39 is 23.5 Å². The van der Waals surface area contributed by atoms with Crippen LogP contribution in [0.25, 0.3) is 0 Å². The van der Waals surface area contributed by atoms with Gasteiger partial charge in [-0.3, -0.25) is 4.79 Å². The molecule has 0 aromatic heterocycles. The quantitative estimate of drug-likeness (QED) is 0.841. The van der Waals surface area contributed by atoms with E-state index in [1.165, 1.54) is 12.1 Å². The van der Waals surface area contributed by atoms with Crippen molar-refractivity contribution in [1.29, 1.82) is 0 Å². The molecule has 0 fully saturated rings. The lowest BCUT2D eigenvalue weighted by atomic mass is 9.95. The summed E-state index contributed by atoms with van der Waals surface area (Å²) in [4.78, 5) is 10.9. The van der Waals surface area contributed by atoms with Gasteiger partial charge in [-0.05, 0) is 30.5 Å². The van der Waals surface area contributed by atoms with Gasteiger partial charge in [0.2, 0.25) is 0 Å². The maximum absolute atomic E-state index is 12.9.